The molecule has 1 heterocycles. The number of urea groups is 1. The van der Waals surface area contributed by atoms with Crippen molar-refractivity contribution in [1.82, 2.24) is 9.99 Å². The molecule has 3 N–H and O–H groups in total. The highest BCUT2D eigenvalue weighted by atomic mass is 35.5. The molecule has 18 heavy (non-hydrogen) atoms. The molecule has 0 saturated heterocycles. The van der Waals surface area contributed by atoms with Crippen molar-refractivity contribution in [3.05, 3.63) is 53.3 Å². The Morgan fingerprint density at radius 2 is 2.06 bits per heavy atom. The first-order valence-electron chi connectivity index (χ1n) is 5.18. The minimum absolute atomic E-state index is 0.677. The van der Waals surface area contributed by atoms with Gasteiger partial charge in [-0.25, -0.2) is 10.2 Å². The number of carbonyl (C=O) groups is 1. The molecule has 6 heteroatoms. The van der Waals surface area contributed by atoms with E-state index in [0.29, 0.717) is 5.02 Å². The largest absolute Gasteiger partial charge is 0.350 e. The van der Waals surface area contributed by atoms with Crippen molar-refractivity contribution in [2.24, 2.45) is 10.8 Å². The van der Waals surface area contributed by atoms with E-state index in [1.807, 2.05) is 35.0 Å². The van der Waals surface area contributed by atoms with Crippen molar-refractivity contribution in [3.63, 3.8) is 0 Å². The number of carbonyl (C=O) groups excluding carboxylic acids is 1. The molecule has 0 aliphatic heterocycles. The molecule has 0 atom stereocenters. The average Bonchev–Trinajstić information content (AvgIpc) is 2.78. The summed E-state index contributed by atoms with van der Waals surface area (Å²) in [6.07, 6.45) is 3.40. The number of hydrogen-bond acceptors (Lipinski definition) is 2. The van der Waals surface area contributed by atoms with E-state index < -0.39 is 6.03 Å². The van der Waals surface area contributed by atoms with Crippen LogP contribution in [0.4, 0.5) is 4.79 Å². The number of nitrogens with zero attached hydrogens (tertiary/aromatic N) is 2. The third-order valence-corrected chi connectivity index (χ3v) is 2.51. The lowest BCUT2D eigenvalue weighted by molar-refractivity contribution is 0.249. The number of primary amides is 1. The van der Waals surface area contributed by atoms with Gasteiger partial charge in [-0.15, -0.1) is 0 Å². The van der Waals surface area contributed by atoms with E-state index in [9.17, 15) is 4.79 Å². The fourth-order valence-electron chi connectivity index (χ4n) is 1.50. The zero-order valence-corrected chi connectivity index (χ0v) is 10.1. The Labute approximate surface area is 109 Å². The summed E-state index contributed by atoms with van der Waals surface area (Å²) in [6.45, 7) is 0. The predicted octanol–water partition coefficient (Wildman–Crippen LogP) is 2.13. The first kappa shape index (κ1) is 12.2. The summed E-state index contributed by atoms with van der Waals surface area (Å²) in [5.41, 5.74) is 8.82. The minimum Gasteiger partial charge on any atom is -0.350 e. The second kappa shape index (κ2) is 5.37. The highest BCUT2D eigenvalue weighted by Crippen LogP contribution is 2.15. The molecule has 0 radical (unpaired) electrons. The summed E-state index contributed by atoms with van der Waals surface area (Å²) >= 11 is 5.83. The fraction of sp³-hybridized carbons (Fsp3) is 0. The third-order valence-electron chi connectivity index (χ3n) is 2.26. The average molecular weight is 263 g/mol. The van der Waals surface area contributed by atoms with Gasteiger partial charge in [0.15, 0.2) is 0 Å². The van der Waals surface area contributed by atoms with Crippen LogP contribution in [0.3, 0.4) is 0 Å². The van der Waals surface area contributed by atoms with Gasteiger partial charge in [0.25, 0.3) is 0 Å². The van der Waals surface area contributed by atoms with Gasteiger partial charge in [-0.05, 0) is 36.4 Å². The first-order chi connectivity index (χ1) is 8.66. The lowest BCUT2D eigenvalue weighted by Crippen LogP contribution is -2.24. The van der Waals surface area contributed by atoms with Gasteiger partial charge in [0, 0.05) is 16.9 Å². The molecule has 0 unspecified atom stereocenters. The molecule has 0 aliphatic carbocycles. The number of benzene rings is 1. The van der Waals surface area contributed by atoms with E-state index >= 15 is 0 Å². The van der Waals surface area contributed by atoms with E-state index in [4.69, 9.17) is 17.3 Å². The van der Waals surface area contributed by atoms with Crippen molar-refractivity contribution in [2.75, 3.05) is 0 Å². The van der Waals surface area contributed by atoms with Gasteiger partial charge >= 0.3 is 6.03 Å². The molecule has 0 fully saturated rings. The van der Waals surface area contributed by atoms with Gasteiger partial charge in [0.05, 0.1) is 11.9 Å². The minimum atomic E-state index is -0.698. The normalized spacial score (nSPS) is 10.7. The number of amides is 2. The Balaban J connectivity index is 2.24. The fourth-order valence-corrected chi connectivity index (χ4v) is 1.62. The topological polar surface area (TPSA) is 72.4 Å². The van der Waals surface area contributed by atoms with Crippen molar-refractivity contribution in [2.45, 2.75) is 0 Å². The number of halogens is 1. The number of nitrogens with two attached hydrogens (primary N) is 1. The number of hydrazone groups is 1. The smallest absolute Gasteiger partial charge is 0.332 e. The Morgan fingerprint density at radius 3 is 2.72 bits per heavy atom. The van der Waals surface area contributed by atoms with Crippen LogP contribution in [0.2, 0.25) is 5.02 Å². The van der Waals surface area contributed by atoms with Crippen LogP contribution in [0.5, 0.6) is 0 Å². The summed E-state index contributed by atoms with van der Waals surface area (Å²) in [4.78, 5) is 10.5. The molecule has 1 aromatic carbocycles. The highest BCUT2D eigenvalue weighted by Gasteiger charge is 2.01. The summed E-state index contributed by atoms with van der Waals surface area (Å²) in [6, 6.07) is 10.4. The summed E-state index contributed by atoms with van der Waals surface area (Å²) in [5.74, 6) is 0. The molecule has 2 aromatic rings. The van der Waals surface area contributed by atoms with Gasteiger partial charge < -0.3 is 10.3 Å². The molecular weight excluding hydrogens is 252 g/mol. The van der Waals surface area contributed by atoms with Gasteiger partial charge in [0.1, 0.15) is 0 Å². The Bertz CT molecular complexity index is 574. The summed E-state index contributed by atoms with van der Waals surface area (Å²) in [7, 11) is 0. The Hall–Kier alpha value is -2.27. The molecular formula is C12H11ClN4O. The second-order valence-corrected chi connectivity index (χ2v) is 3.95. The Morgan fingerprint density at radius 1 is 1.33 bits per heavy atom. The first-order valence-corrected chi connectivity index (χ1v) is 5.56. The maximum absolute atomic E-state index is 10.5. The van der Waals surface area contributed by atoms with Crippen molar-refractivity contribution >= 4 is 23.8 Å². The zero-order valence-electron chi connectivity index (χ0n) is 9.38. The van der Waals surface area contributed by atoms with Gasteiger partial charge in [-0.2, -0.15) is 5.10 Å². The molecule has 0 saturated carbocycles. The molecule has 0 aliphatic rings. The molecule has 5 nitrogen and oxygen atoms in total. The quantitative estimate of drug-likeness (QED) is 0.645. The third kappa shape index (κ3) is 2.89. The molecule has 2 rings (SSSR count). The van der Waals surface area contributed by atoms with E-state index in [-0.39, 0.29) is 0 Å². The van der Waals surface area contributed by atoms with Crippen LogP contribution in [0.1, 0.15) is 5.69 Å². The molecule has 2 amide bonds. The monoisotopic (exact) mass is 262 g/mol. The predicted molar refractivity (Wildman–Crippen MR) is 71.1 cm³/mol. The van der Waals surface area contributed by atoms with Crippen molar-refractivity contribution in [3.8, 4) is 5.69 Å². The molecule has 0 spiro atoms. The summed E-state index contributed by atoms with van der Waals surface area (Å²) < 4.78 is 1.91. The number of nitrogens with one attached hydrogen (secondary N) is 1. The van der Waals surface area contributed by atoms with Crippen LogP contribution >= 0.6 is 11.6 Å². The highest BCUT2D eigenvalue weighted by molar-refractivity contribution is 6.30. The standard InChI is InChI=1S/C12H11ClN4O/c13-9-3-5-10(6-4-9)17-7-1-2-11(17)8-15-16-12(14)18/h1-8H,(H3,14,16,18)/b15-8-. The van der Waals surface area contributed by atoms with Crippen molar-refractivity contribution < 1.29 is 4.79 Å². The van der Waals surface area contributed by atoms with E-state index in [1.165, 1.54) is 6.21 Å². The maximum atomic E-state index is 10.5. The second-order valence-electron chi connectivity index (χ2n) is 3.51. The van der Waals surface area contributed by atoms with Crippen LogP contribution in [-0.2, 0) is 0 Å². The van der Waals surface area contributed by atoms with Crippen molar-refractivity contribution in [1.29, 1.82) is 0 Å². The molecule has 0 bridgehead atoms. The zero-order chi connectivity index (χ0) is 13.0. The SMILES string of the molecule is NC(=O)N/N=C\c1cccn1-c1ccc(Cl)cc1. The van der Waals surface area contributed by atoms with E-state index in [1.54, 1.807) is 12.1 Å². The number of aromatic nitrogens is 1. The number of hydrogen-bond donors (Lipinski definition) is 2. The van der Waals surface area contributed by atoms with Crippen LogP contribution in [-0.4, -0.2) is 16.8 Å². The molecule has 92 valence electrons. The lowest BCUT2D eigenvalue weighted by Gasteiger charge is -2.05. The number of rotatable bonds is 3. The summed E-state index contributed by atoms with van der Waals surface area (Å²) in [5, 5.41) is 4.40. The van der Waals surface area contributed by atoms with E-state index in [2.05, 4.69) is 10.5 Å². The maximum Gasteiger partial charge on any atom is 0.332 e. The van der Waals surface area contributed by atoms with Crippen LogP contribution in [0.15, 0.2) is 47.7 Å². The van der Waals surface area contributed by atoms with Gasteiger partial charge in [0.2, 0.25) is 0 Å². The van der Waals surface area contributed by atoms with Gasteiger partial charge in [-0.1, -0.05) is 11.6 Å². The van der Waals surface area contributed by atoms with Crippen LogP contribution in [0, 0.1) is 0 Å². The van der Waals surface area contributed by atoms with E-state index in [0.717, 1.165) is 11.4 Å². The van der Waals surface area contributed by atoms with Gasteiger partial charge in [-0.3, -0.25) is 0 Å². The lowest BCUT2D eigenvalue weighted by atomic mass is 10.3. The Kier molecular flexibility index (Phi) is 3.64. The van der Waals surface area contributed by atoms with Crippen LogP contribution in [0.25, 0.3) is 5.69 Å². The van der Waals surface area contributed by atoms with Crippen LogP contribution < -0.4 is 11.2 Å². The molecule has 1 aromatic heterocycles.